The number of thiazole rings is 1. The van der Waals surface area contributed by atoms with Gasteiger partial charge in [0.25, 0.3) is 0 Å². The molecule has 0 fully saturated rings. The molecule has 1 unspecified atom stereocenters. The van der Waals surface area contributed by atoms with Gasteiger partial charge in [0.15, 0.2) is 0 Å². The molecule has 20 heavy (non-hydrogen) atoms. The summed E-state index contributed by atoms with van der Waals surface area (Å²) in [6.07, 6.45) is 1.01. The zero-order valence-corrected chi connectivity index (χ0v) is 13.9. The van der Waals surface area contributed by atoms with Gasteiger partial charge in [-0.3, -0.25) is 0 Å². The van der Waals surface area contributed by atoms with E-state index in [1.54, 1.807) is 11.3 Å². The Labute approximate surface area is 126 Å². The fourth-order valence-corrected chi connectivity index (χ4v) is 3.25. The minimum Gasteiger partial charge on any atom is -0.310 e. The number of hydrogen-bond acceptors (Lipinski definition) is 3. The van der Waals surface area contributed by atoms with E-state index in [1.807, 2.05) is 0 Å². The zero-order chi connectivity index (χ0) is 14.7. The van der Waals surface area contributed by atoms with Gasteiger partial charge < -0.3 is 5.32 Å². The standard InChI is InChI=1S/C17H24N2S/c1-11-8-13(3)16(9-12(11)2)15(5)18-7-6-17-19-14(4)10-20-17/h8-10,15,18H,6-7H2,1-5H3. The van der Waals surface area contributed by atoms with Crippen molar-refractivity contribution in [1.82, 2.24) is 10.3 Å². The number of aryl methyl sites for hydroxylation is 4. The molecule has 2 aromatic rings. The van der Waals surface area contributed by atoms with Crippen molar-refractivity contribution in [2.75, 3.05) is 6.54 Å². The Morgan fingerprint density at radius 2 is 1.80 bits per heavy atom. The molecule has 0 aliphatic heterocycles. The minimum absolute atomic E-state index is 0.385. The first-order valence-corrected chi connectivity index (χ1v) is 8.07. The van der Waals surface area contributed by atoms with Gasteiger partial charge in [0.1, 0.15) is 0 Å². The van der Waals surface area contributed by atoms with Crippen LogP contribution in [-0.4, -0.2) is 11.5 Å². The molecule has 1 atom stereocenters. The smallest absolute Gasteiger partial charge is 0.0940 e. The molecule has 0 saturated carbocycles. The number of nitrogens with one attached hydrogen (secondary N) is 1. The van der Waals surface area contributed by atoms with Crippen LogP contribution in [0.2, 0.25) is 0 Å². The minimum atomic E-state index is 0.385. The molecule has 1 heterocycles. The maximum Gasteiger partial charge on any atom is 0.0940 e. The van der Waals surface area contributed by atoms with Crippen LogP contribution < -0.4 is 5.32 Å². The largest absolute Gasteiger partial charge is 0.310 e. The summed E-state index contributed by atoms with van der Waals surface area (Å²) in [5.74, 6) is 0. The van der Waals surface area contributed by atoms with Crippen molar-refractivity contribution in [2.45, 2.75) is 47.1 Å². The normalized spacial score (nSPS) is 12.7. The van der Waals surface area contributed by atoms with Crippen molar-refractivity contribution in [3.05, 3.63) is 50.5 Å². The summed E-state index contributed by atoms with van der Waals surface area (Å²) in [7, 11) is 0. The van der Waals surface area contributed by atoms with Crippen LogP contribution in [0, 0.1) is 27.7 Å². The fourth-order valence-electron chi connectivity index (χ4n) is 2.47. The van der Waals surface area contributed by atoms with Gasteiger partial charge in [-0.05, 0) is 56.9 Å². The third-order valence-corrected chi connectivity index (χ3v) is 4.83. The average Bonchev–Trinajstić information content (AvgIpc) is 2.79. The van der Waals surface area contributed by atoms with E-state index in [2.05, 4.69) is 62.4 Å². The number of rotatable bonds is 5. The molecule has 1 aromatic heterocycles. The molecule has 3 heteroatoms. The third kappa shape index (κ3) is 3.68. The molecule has 0 aliphatic carbocycles. The van der Waals surface area contributed by atoms with Crippen LogP contribution in [0.15, 0.2) is 17.5 Å². The molecular formula is C17H24N2S. The third-order valence-electron chi connectivity index (χ3n) is 3.80. The topological polar surface area (TPSA) is 24.9 Å². The monoisotopic (exact) mass is 288 g/mol. The van der Waals surface area contributed by atoms with Gasteiger partial charge >= 0.3 is 0 Å². The summed E-state index contributed by atoms with van der Waals surface area (Å²) in [6.45, 7) is 11.8. The summed E-state index contributed by atoms with van der Waals surface area (Å²) < 4.78 is 0. The SMILES string of the molecule is Cc1csc(CCNC(C)c2cc(C)c(C)cc2C)n1. The molecule has 0 aliphatic rings. The highest BCUT2D eigenvalue weighted by atomic mass is 32.1. The Morgan fingerprint density at radius 3 is 2.45 bits per heavy atom. The van der Waals surface area contributed by atoms with Crippen LogP contribution in [0.25, 0.3) is 0 Å². The highest BCUT2D eigenvalue weighted by molar-refractivity contribution is 7.09. The summed E-state index contributed by atoms with van der Waals surface area (Å²) >= 11 is 1.75. The number of aromatic nitrogens is 1. The van der Waals surface area contributed by atoms with E-state index in [-0.39, 0.29) is 0 Å². The van der Waals surface area contributed by atoms with Gasteiger partial charge in [0, 0.05) is 30.1 Å². The Morgan fingerprint density at radius 1 is 1.10 bits per heavy atom. The molecule has 0 bridgehead atoms. The number of hydrogen-bond donors (Lipinski definition) is 1. The molecule has 0 radical (unpaired) electrons. The van der Waals surface area contributed by atoms with Crippen LogP contribution in [-0.2, 0) is 6.42 Å². The fraction of sp³-hybridized carbons (Fsp3) is 0.471. The van der Waals surface area contributed by atoms with Gasteiger partial charge in [0.2, 0.25) is 0 Å². The quantitative estimate of drug-likeness (QED) is 0.888. The van der Waals surface area contributed by atoms with Crippen LogP contribution in [0.4, 0.5) is 0 Å². The molecule has 108 valence electrons. The van der Waals surface area contributed by atoms with Gasteiger partial charge in [-0.2, -0.15) is 0 Å². The van der Waals surface area contributed by atoms with Crippen molar-refractivity contribution in [1.29, 1.82) is 0 Å². The van der Waals surface area contributed by atoms with Crippen molar-refractivity contribution >= 4 is 11.3 Å². The molecule has 2 nitrogen and oxygen atoms in total. The lowest BCUT2D eigenvalue weighted by Gasteiger charge is -2.18. The number of nitrogens with zero attached hydrogens (tertiary/aromatic N) is 1. The van der Waals surface area contributed by atoms with E-state index in [4.69, 9.17) is 0 Å². The van der Waals surface area contributed by atoms with Crippen molar-refractivity contribution < 1.29 is 0 Å². The van der Waals surface area contributed by atoms with Gasteiger partial charge in [-0.25, -0.2) is 4.98 Å². The van der Waals surface area contributed by atoms with E-state index < -0.39 is 0 Å². The Kier molecular flexibility index (Phi) is 4.95. The first-order chi connectivity index (χ1) is 9.47. The first-order valence-electron chi connectivity index (χ1n) is 7.19. The summed E-state index contributed by atoms with van der Waals surface area (Å²) in [6, 6.07) is 4.98. The van der Waals surface area contributed by atoms with Crippen LogP contribution >= 0.6 is 11.3 Å². The molecule has 0 amide bonds. The maximum absolute atomic E-state index is 4.50. The molecule has 1 aromatic carbocycles. The first kappa shape index (κ1) is 15.2. The molecule has 0 saturated heterocycles. The predicted octanol–water partition coefficient (Wildman–Crippen LogP) is 4.27. The van der Waals surface area contributed by atoms with Crippen molar-refractivity contribution in [3.63, 3.8) is 0 Å². The summed E-state index contributed by atoms with van der Waals surface area (Å²) in [5, 5.41) is 6.95. The molecular weight excluding hydrogens is 264 g/mol. The van der Waals surface area contributed by atoms with E-state index >= 15 is 0 Å². The number of benzene rings is 1. The second-order valence-electron chi connectivity index (χ2n) is 5.60. The van der Waals surface area contributed by atoms with E-state index in [9.17, 15) is 0 Å². The molecule has 0 spiro atoms. The lowest BCUT2D eigenvalue weighted by molar-refractivity contribution is 0.573. The molecule has 1 N–H and O–H groups in total. The zero-order valence-electron chi connectivity index (χ0n) is 13.1. The lowest BCUT2D eigenvalue weighted by atomic mass is 9.96. The average molecular weight is 288 g/mol. The van der Waals surface area contributed by atoms with Crippen LogP contribution in [0.3, 0.4) is 0 Å². The van der Waals surface area contributed by atoms with Crippen molar-refractivity contribution in [2.24, 2.45) is 0 Å². The Hall–Kier alpha value is -1.19. The second-order valence-corrected chi connectivity index (χ2v) is 6.54. The van der Waals surface area contributed by atoms with E-state index in [0.29, 0.717) is 6.04 Å². The lowest BCUT2D eigenvalue weighted by Crippen LogP contribution is -2.22. The Bertz CT molecular complexity index is 587. The van der Waals surface area contributed by atoms with Gasteiger partial charge in [0.05, 0.1) is 5.01 Å². The van der Waals surface area contributed by atoms with Crippen LogP contribution in [0.1, 0.15) is 45.9 Å². The summed E-state index contributed by atoms with van der Waals surface area (Å²) in [4.78, 5) is 4.50. The van der Waals surface area contributed by atoms with Gasteiger partial charge in [-0.15, -0.1) is 11.3 Å². The van der Waals surface area contributed by atoms with E-state index in [0.717, 1.165) is 18.7 Å². The van der Waals surface area contributed by atoms with Crippen molar-refractivity contribution in [3.8, 4) is 0 Å². The molecule has 2 rings (SSSR count). The second kappa shape index (κ2) is 6.51. The Balaban J connectivity index is 1.95. The van der Waals surface area contributed by atoms with E-state index in [1.165, 1.54) is 27.3 Å². The van der Waals surface area contributed by atoms with Gasteiger partial charge in [-0.1, -0.05) is 12.1 Å². The predicted molar refractivity (Wildman–Crippen MR) is 87.6 cm³/mol. The highest BCUT2D eigenvalue weighted by Crippen LogP contribution is 2.21. The summed E-state index contributed by atoms with van der Waals surface area (Å²) in [5.41, 5.74) is 6.65. The van der Waals surface area contributed by atoms with Crippen LogP contribution in [0.5, 0.6) is 0 Å². The highest BCUT2D eigenvalue weighted by Gasteiger charge is 2.09. The maximum atomic E-state index is 4.50.